The average Bonchev–Trinajstić information content (AvgIpc) is 3.22. The zero-order chi connectivity index (χ0) is 29.0. The first-order chi connectivity index (χ1) is 19.1. The molecule has 2 atom stereocenters. The maximum atomic E-state index is 15.1. The number of rotatable bonds is 10. The second kappa shape index (κ2) is 12.2. The summed E-state index contributed by atoms with van der Waals surface area (Å²) in [5.41, 5.74) is -1.29. The van der Waals surface area contributed by atoms with Crippen LogP contribution in [0.25, 0.3) is 0 Å². The van der Waals surface area contributed by atoms with Crippen molar-refractivity contribution < 1.29 is 41.4 Å². The molecule has 1 aliphatic heterocycles. The Morgan fingerprint density at radius 1 is 1.10 bits per heavy atom. The monoisotopic (exact) mass is 564 g/mol. The molecular formula is C26H24F4N4O6. The zero-order valence-electron chi connectivity index (χ0n) is 21.3. The molecule has 2 amide bonds. The fourth-order valence-corrected chi connectivity index (χ4v) is 4.39. The van der Waals surface area contributed by atoms with Crippen molar-refractivity contribution in [2.75, 3.05) is 32.3 Å². The van der Waals surface area contributed by atoms with Crippen LogP contribution in [0.4, 0.5) is 23.2 Å². The number of methoxy groups -OCH3 is 2. The lowest BCUT2D eigenvalue weighted by Crippen LogP contribution is -2.44. The molecule has 0 unspecified atom stereocenters. The summed E-state index contributed by atoms with van der Waals surface area (Å²) in [7, 11) is 2.67. The third-order valence-electron chi connectivity index (χ3n) is 6.31. The van der Waals surface area contributed by atoms with Crippen LogP contribution in [0.5, 0.6) is 11.5 Å². The van der Waals surface area contributed by atoms with Crippen LogP contribution in [0.3, 0.4) is 0 Å². The molecule has 1 aromatic heterocycles. The van der Waals surface area contributed by atoms with E-state index in [9.17, 15) is 23.2 Å². The van der Waals surface area contributed by atoms with E-state index in [1.165, 1.54) is 37.2 Å². The second-order valence-corrected chi connectivity index (χ2v) is 8.68. The number of hydrogen-bond donors (Lipinski definition) is 1. The zero-order valence-corrected chi connectivity index (χ0v) is 21.3. The van der Waals surface area contributed by atoms with Gasteiger partial charge in [0.2, 0.25) is 5.91 Å². The number of carbonyl (C=O) groups is 2. The topological polar surface area (TPSA) is 112 Å². The molecule has 3 aromatic rings. The Morgan fingerprint density at radius 2 is 1.77 bits per heavy atom. The number of anilines is 1. The summed E-state index contributed by atoms with van der Waals surface area (Å²) in [6.07, 6.45) is 2.40. The Kier molecular flexibility index (Phi) is 8.67. The van der Waals surface area contributed by atoms with Crippen molar-refractivity contribution >= 4 is 17.5 Å². The van der Waals surface area contributed by atoms with Crippen LogP contribution in [0.2, 0.25) is 0 Å². The Balaban J connectivity index is 1.71. The maximum absolute atomic E-state index is 15.1. The minimum absolute atomic E-state index is 0.0365. The van der Waals surface area contributed by atoms with Crippen molar-refractivity contribution in [1.29, 1.82) is 0 Å². The molecule has 10 nitrogen and oxygen atoms in total. The predicted octanol–water partition coefficient (Wildman–Crippen LogP) is 2.71. The lowest BCUT2D eigenvalue weighted by atomic mass is 9.92. The minimum atomic E-state index is -3.07. The molecule has 212 valence electrons. The van der Waals surface area contributed by atoms with Crippen molar-refractivity contribution in [3.8, 4) is 11.5 Å². The number of carbonyl (C=O) groups excluding carboxylic acids is 2. The van der Waals surface area contributed by atoms with Gasteiger partial charge in [-0.25, -0.2) is 13.8 Å². The standard InChI is InChI=1S/C26H24F4N4O6/c1-38-8-7-33-13-31-11-20(24(33)36)34-12-17(21-18(27)9-16(39-2)10-19(21)28)22(25(34)37)32-23(35)14-3-5-15(6-4-14)40-26(29)30/h3-6,9-11,13,17,22,26H,7-8,12H2,1-2H3,(H,32,35)/t17-,22-/m0/s1. The molecule has 14 heteroatoms. The summed E-state index contributed by atoms with van der Waals surface area (Å²) in [5, 5.41) is 2.47. The van der Waals surface area contributed by atoms with Crippen molar-refractivity contribution in [1.82, 2.24) is 14.9 Å². The Morgan fingerprint density at radius 3 is 2.38 bits per heavy atom. The van der Waals surface area contributed by atoms with E-state index < -0.39 is 53.1 Å². The van der Waals surface area contributed by atoms with E-state index in [1.807, 2.05) is 0 Å². The predicted molar refractivity (Wildman–Crippen MR) is 133 cm³/mol. The fourth-order valence-electron chi connectivity index (χ4n) is 4.39. The summed E-state index contributed by atoms with van der Waals surface area (Å²) in [6.45, 7) is -3.11. The molecule has 2 heterocycles. The Hall–Kier alpha value is -4.46. The van der Waals surface area contributed by atoms with Gasteiger partial charge in [-0.3, -0.25) is 19.0 Å². The summed E-state index contributed by atoms with van der Waals surface area (Å²) in [4.78, 5) is 44.7. The fraction of sp³-hybridized carbons (Fsp3) is 0.308. The SMILES string of the molecule is COCCn1cncc(N2C[C@@H](c3c(F)cc(OC)cc3F)[C@H](NC(=O)c3ccc(OC(F)F)cc3)C2=O)c1=O. The van der Waals surface area contributed by atoms with Crippen LogP contribution in [0.15, 0.2) is 53.7 Å². The van der Waals surface area contributed by atoms with Gasteiger partial charge in [0.05, 0.1) is 32.8 Å². The highest BCUT2D eigenvalue weighted by atomic mass is 19.3. The molecule has 0 saturated carbocycles. The van der Waals surface area contributed by atoms with Gasteiger partial charge in [0.25, 0.3) is 11.5 Å². The summed E-state index contributed by atoms with van der Waals surface area (Å²) in [5.74, 6) is -5.24. The van der Waals surface area contributed by atoms with Crippen LogP contribution >= 0.6 is 0 Å². The van der Waals surface area contributed by atoms with Crippen LogP contribution in [0.1, 0.15) is 21.8 Å². The third-order valence-corrected chi connectivity index (χ3v) is 6.31. The Labute approximate surface area is 225 Å². The number of nitrogens with one attached hydrogen (secondary N) is 1. The van der Waals surface area contributed by atoms with Gasteiger partial charge in [-0.1, -0.05) is 0 Å². The molecular weight excluding hydrogens is 540 g/mol. The van der Waals surface area contributed by atoms with E-state index in [-0.39, 0.29) is 42.4 Å². The average molecular weight is 564 g/mol. The van der Waals surface area contributed by atoms with Crippen molar-refractivity contribution in [2.24, 2.45) is 0 Å². The molecule has 1 saturated heterocycles. The number of nitrogens with zero attached hydrogens (tertiary/aromatic N) is 3. The second-order valence-electron chi connectivity index (χ2n) is 8.68. The lowest BCUT2D eigenvalue weighted by Gasteiger charge is -2.20. The number of aromatic nitrogens is 2. The van der Waals surface area contributed by atoms with Gasteiger partial charge < -0.3 is 24.4 Å². The highest BCUT2D eigenvalue weighted by Gasteiger charge is 2.46. The van der Waals surface area contributed by atoms with Gasteiger partial charge in [-0.05, 0) is 24.3 Å². The molecule has 0 spiro atoms. The van der Waals surface area contributed by atoms with Crippen LogP contribution in [-0.4, -0.2) is 61.4 Å². The van der Waals surface area contributed by atoms with E-state index in [0.717, 1.165) is 35.4 Å². The van der Waals surface area contributed by atoms with Gasteiger partial charge in [0.1, 0.15) is 34.9 Å². The highest BCUT2D eigenvalue weighted by Crippen LogP contribution is 2.35. The largest absolute Gasteiger partial charge is 0.497 e. The summed E-state index contributed by atoms with van der Waals surface area (Å²) < 4.78 is 70.6. The maximum Gasteiger partial charge on any atom is 0.387 e. The molecule has 0 bridgehead atoms. The minimum Gasteiger partial charge on any atom is -0.497 e. The number of benzene rings is 2. The lowest BCUT2D eigenvalue weighted by molar-refractivity contribution is -0.118. The van der Waals surface area contributed by atoms with Gasteiger partial charge in [0.15, 0.2) is 0 Å². The molecule has 4 rings (SSSR count). The van der Waals surface area contributed by atoms with Gasteiger partial charge >= 0.3 is 6.61 Å². The number of ether oxygens (including phenoxy) is 3. The quantitative estimate of drug-likeness (QED) is 0.377. The van der Waals surface area contributed by atoms with E-state index in [1.54, 1.807) is 0 Å². The third kappa shape index (κ3) is 5.91. The first kappa shape index (κ1) is 28.5. The van der Waals surface area contributed by atoms with E-state index in [4.69, 9.17) is 9.47 Å². The molecule has 1 fully saturated rings. The van der Waals surface area contributed by atoms with Crippen LogP contribution in [-0.2, 0) is 16.1 Å². The van der Waals surface area contributed by atoms with Gasteiger partial charge in [-0.2, -0.15) is 8.78 Å². The van der Waals surface area contributed by atoms with Crippen molar-refractivity contribution in [3.63, 3.8) is 0 Å². The van der Waals surface area contributed by atoms with Crippen molar-refractivity contribution in [2.45, 2.75) is 25.1 Å². The number of hydrogen-bond acceptors (Lipinski definition) is 7. The number of alkyl halides is 2. The number of amides is 2. The van der Waals surface area contributed by atoms with Crippen LogP contribution < -0.4 is 25.2 Å². The van der Waals surface area contributed by atoms with E-state index in [2.05, 4.69) is 15.0 Å². The smallest absolute Gasteiger partial charge is 0.387 e. The molecule has 40 heavy (non-hydrogen) atoms. The highest BCUT2D eigenvalue weighted by molar-refractivity contribution is 6.04. The molecule has 1 N–H and O–H groups in total. The first-order valence-electron chi connectivity index (χ1n) is 11.9. The first-order valence-corrected chi connectivity index (χ1v) is 11.9. The van der Waals surface area contributed by atoms with Gasteiger partial charge in [0, 0.05) is 42.8 Å². The van der Waals surface area contributed by atoms with E-state index in [0.29, 0.717) is 0 Å². The number of halogens is 4. The van der Waals surface area contributed by atoms with E-state index >= 15 is 8.78 Å². The summed E-state index contributed by atoms with van der Waals surface area (Å²) in [6, 6.07) is 4.99. The molecule has 1 aliphatic rings. The molecule has 2 aromatic carbocycles. The molecule has 0 aliphatic carbocycles. The Bertz CT molecular complexity index is 1430. The molecule has 0 radical (unpaired) electrons. The van der Waals surface area contributed by atoms with Crippen LogP contribution in [0, 0.1) is 11.6 Å². The van der Waals surface area contributed by atoms with Gasteiger partial charge in [-0.15, -0.1) is 0 Å². The normalized spacial score (nSPS) is 16.9. The van der Waals surface area contributed by atoms with Crippen molar-refractivity contribution in [3.05, 3.63) is 82.0 Å². The summed E-state index contributed by atoms with van der Waals surface area (Å²) >= 11 is 0.